The van der Waals surface area contributed by atoms with Crippen LogP contribution in [0, 0.1) is 0 Å². The van der Waals surface area contributed by atoms with Gasteiger partial charge >= 0.3 is 0 Å². The maximum atomic E-state index is 4.71. The highest BCUT2D eigenvalue weighted by Crippen LogP contribution is 2.33. The summed E-state index contributed by atoms with van der Waals surface area (Å²) in [6.07, 6.45) is 7.81. The summed E-state index contributed by atoms with van der Waals surface area (Å²) >= 11 is 3.50. The molecule has 0 saturated carbocycles. The number of hydrogen-bond donors (Lipinski definition) is 1. The molecule has 0 aliphatic heterocycles. The summed E-state index contributed by atoms with van der Waals surface area (Å²) in [6, 6.07) is 15.4. The number of hydrogen-bond acceptors (Lipinski definition) is 1. The average Bonchev–Trinajstić information content (AvgIpc) is 3.02. The van der Waals surface area contributed by atoms with Gasteiger partial charge in [0.15, 0.2) is 0 Å². The molecule has 124 valence electrons. The zero-order valence-electron chi connectivity index (χ0n) is 14.0. The third-order valence-electron chi connectivity index (χ3n) is 5.30. The second-order valence-electron chi connectivity index (χ2n) is 6.99. The number of pyridine rings is 1. The monoisotopic (exact) mass is 390 g/mol. The van der Waals surface area contributed by atoms with Crippen LogP contribution in [0.15, 0.2) is 53.1 Å². The first-order valence-corrected chi connectivity index (χ1v) is 9.73. The van der Waals surface area contributed by atoms with Crippen molar-refractivity contribution in [1.29, 1.82) is 0 Å². The van der Waals surface area contributed by atoms with Crippen LogP contribution in [0.1, 0.15) is 35.2 Å². The molecule has 0 atom stereocenters. The van der Waals surface area contributed by atoms with Crippen LogP contribution in [-0.4, -0.2) is 9.97 Å². The number of H-pyrrole nitrogens is 1. The highest BCUT2D eigenvalue weighted by molar-refractivity contribution is 9.10. The van der Waals surface area contributed by atoms with Gasteiger partial charge in [-0.05, 0) is 67.0 Å². The summed E-state index contributed by atoms with van der Waals surface area (Å²) in [5.41, 5.74) is 7.84. The number of rotatable bonds is 2. The van der Waals surface area contributed by atoms with Crippen molar-refractivity contribution < 1.29 is 0 Å². The van der Waals surface area contributed by atoms with Crippen LogP contribution < -0.4 is 0 Å². The van der Waals surface area contributed by atoms with Crippen molar-refractivity contribution in [3.05, 3.63) is 75.5 Å². The molecule has 0 bridgehead atoms. The zero-order chi connectivity index (χ0) is 16.8. The van der Waals surface area contributed by atoms with Gasteiger partial charge in [-0.1, -0.05) is 40.2 Å². The van der Waals surface area contributed by atoms with Crippen LogP contribution in [0.2, 0.25) is 0 Å². The van der Waals surface area contributed by atoms with Crippen LogP contribution in [-0.2, 0) is 19.3 Å². The third kappa shape index (κ3) is 2.67. The molecule has 2 aromatic heterocycles. The summed E-state index contributed by atoms with van der Waals surface area (Å²) in [4.78, 5) is 8.30. The minimum atomic E-state index is 0.953. The molecule has 0 fully saturated rings. The molecule has 4 aromatic rings. The Morgan fingerprint density at radius 2 is 1.72 bits per heavy atom. The average molecular weight is 391 g/mol. The second-order valence-corrected chi connectivity index (χ2v) is 7.90. The van der Waals surface area contributed by atoms with Crippen LogP contribution in [0.3, 0.4) is 0 Å². The molecular formula is C22H19BrN2. The number of benzene rings is 2. The standard InChI is InChI=1S/C22H19BrN2/c23-16-8-5-14(6-9-16)11-15-7-10-18-20(12-15)25-21-13-24-19-4-2-1-3-17(19)22(18)21/h5-10,12-13,25H,1-4,11H2. The van der Waals surface area contributed by atoms with E-state index in [2.05, 4.69) is 63.4 Å². The molecule has 1 aliphatic rings. The molecule has 2 heterocycles. The van der Waals surface area contributed by atoms with Crippen molar-refractivity contribution in [3.63, 3.8) is 0 Å². The van der Waals surface area contributed by atoms with Gasteiger partial charge in [-0.15, -0.1) is 0 Å². The summed E-state index contributed by atoms with van der Waals surface area (Å²) in [5.74, 6) is 0. The Bertz CT molecular complexity index is 1080. The Balaban J connectivity index is 1.60. The van der Waals surface area contributed by atoms with Gasteiger partial charge < -0.3 is 4.98 Å². The molecule has 0 saturated heterocycles. The summed E-state index contributed by atoms with van der Waals surface area (Å²) in [5, 5.41) is 2.74. The van der Waals surface area contributed by atoms with Gasteiger partial charge in [0.25, 0.3) is 0 Å². The fourth-order valence-corrected chi connectivity index (χ4v) is 4.34. The molecule has 0 spiro atoms. The number of aryl methyl sites for hydroxylation is 2. The van der Waals surface area contributed by atoms with E-state index in [0.29, 0.717) is 0 Å². The van der Waals surface area contributed by atoms with E-state index in [4.69, 9.17) is 4.98 Å². The molecule has 2 nitrogen and oxygen atoms in total. The van der Waals surface area contributed by atoms with Crippen molar-refractivity contribution in [2.75, 3.05) is 0 Å². The van der Waals surface area contributed by atoms with E-state index < -0.39 is 0 Å². The van der Waals surface area contributed by atoms with E-state index in [1.165, 1.54) is 57.0 Å². The van der Waals surface area contributed by atoms with E-state index in [-0.39, 0.29) is 0 Å². The van der Waals surface area contributed by atoms with Gasteiger partial charge in [0, 0.05) is 26.5 Å². The minimum absolute atomic E-state index is 0.953. The fourth-order valence-electron chi connectivity index (χ4n) is 4.08. The predicted molar refractivity (Wildman–Crippen MR) is 107 cm³/mol. The maximum Gasteiger partial charge on any atom is 0.0654 e. The van der Waals surface area contributed by atoms with Gasteiger partial charge in [-0.2, -0.15) is 0 Å². The Morgan fingerprint density at radius 3 is 2.60 bits per heavy atom. The molecular weight excluding hydrogens is 372 g/mol. The maximum absolute atomic E-state index is 4.71. The van der Waals surface area contributed by atoms with Crippen LogP contribution in [0.4, 0.5) is 0 Å². The Hall–Kier alpha value is -2.13. The highest BCUT2D eigenvalue weighted by atomic mass is 79.9. The third-order valence-corrected chi connectivity index (χ3v) is 5.83. The zero-order valence-corrected chi connectivity index (χ0v) is 15.6. The normalized spacial score (nSPS) is 14.1. The fraction of sp³-hybridized carbons (Fsp3) is 0.227. The highest BCUT2D eigenvalue weighted by Gasteiger charge is 2.17. The minimum Gasteiger partial charge on any atom is -0.353 e. The number of aromatic nitrogens is 2. The lowest BCUT2D eigenvalue weighted by Crippen LogP contribution is -2.05. The first-order chi connectivity index (χ1) is 12.3. The number of aromatic amines is 1. The quantitative estimate of drug-likeness (QED) is 0.450. The second kappa shape index (κ2) is 5.99. The number of fused-ring (bicyclic) bond motifs is 5. The molecule has 1 N–H and O–H groups in total. The molecule has 0 radical (unpaired) electrons. The molecule has 25 heavy (non-hydrogen) atoms. The Labute approximate surface area is 155 Å². The van der Waals surface area contributed by atoms with E-state index in [0.717, 1.165) is 23.7 Å². The van der Waals surface area contributed by atoms with Gasteiger partial charge in [0.2, 0.25) is 0 Å². The van der Waals surface area contributed by atoms with Crippen molar-refractivity contribution in [2.45, 2.75) is 32.1 Å². The predicted octanol–water partition coefficient (Wildman–Crippen LogP) is 5.95. The first kappa shape index (κ1) is 15.2. The Morgan fingerprint density at radius 1 is 0.920 bits per heavy atom. The molecule has 1 aliphatic carbocycles. The molecule has 0 unspecified atom stereocenters. The molecule has 0 amide bonds. The topological polar surface area (TPSA) is 28.7 Å². The number of halogens is 1. The van der Waals surface area contributed by atoms with Crippen molar-refractivity contribution in [3.8, 4) is 0 Å². The smallest absolute Gasteiger partial charge is 0.0654 e. The lowest BCUT2D eigenvalue weighted by Gasteiger charge is -2.15. The van der Waals surface area contributed by atoms with Crippen LogP contribution >= 0.6 is 15.9 Å². The lowest BCUT2D eigenvalue weighted by atomic mass is 9.92. The van der Waals surface area contributed by atoms with Crippen LogP contribution in [0.5, 0.6) is 0 Å². The molecule has 5 rings (SSSR count). The lowest BCUT2D eigenvalue weighted by molar-refractivity contribution is 0.673. The van der Waals surface area contributed by atoms with E-state index >= 15 is 0 Å². The summed E-state index contributed by atoms with van der Waals surface area (Å²) in [7, 11) is 0. The molecule has 3 heteroatoms. The number of nitrogens with one attached hydrogen (secondary N) is 1. The Kier molecular flexibility index (Phi) is 3.63. The van der Waals surface area contributed by atoms with Gasteiger partial charge in [-0.25, -0.2) is 0 Å². The number of nitrogens with zero attached hydrogens (tertiary/aromatic N) is 1. The van der Waals surface area contributed by atoms with Crippen molar-refractivity contribution in [2.24, 2.45) is 0 Å². The van der Waals surface area contributed by atoms with E-state index in [1.54, 1.807) is 0 Å². The van der Waals surface area contributed by atoms with Crippen LogP contribution in [0.25, 0.3) is 21.8 Å². The van der Waals surface area contributed by atoms with E-state index in [1.807, 2.05) is 6.20 Å². The summed E-state index contributed by atoms with van der Waals surface area (Å²) < 4.78 is 1.12. The van der Waals surface area contributed by atoms with Crippen molar-refractivity contribution in [1.82, 2.24) is 9.97 Å². The van der Waals surface area contributed by atoms with Gasteiger partial charge in [-0.3, -0.25) is 4.98 Å². The largest absolute Gasteiger partial charge is 0.353 e. The molecule has 2 aromatic carbocycles. The SMILES string of the molecule is Brc1ccc(Cc2ccc3c(c2)[nH]c2cnc4c(c23)CCCC4)cc1. The summed E-state index contributed by atoms with van der Waals surface area (Å²) in [6.45, 7) is 0. The first-order valence-electron chi connectivity index (χ1n) is 8.93. The van der Waals surface area contributed by atoms with Gasteiger partial charge in [0.05, 0.1) is 11.7 Å². The van der Waals surface area contributed by atoms with Gasteiger partial charge in [0.1, 0.15) is 0 Å². The van der Waals surface area contributed by atoms with E-state index in [9.17, 15) is 0 Å². The van der Waals surface area contributed by atoms with Crippen molar-refractivity contribution >= 4 is 37.7 Å².